The molecule has 136 valence electrons. The molecule has 1 aliphatic heterocycles. The van der Waals surface area contributed by atoms with Crippen molar-refractivity contribution in [2.75, 3.05) is 13.1 Å². The first-order chi connectivity index (χ1) is 12.5. The highest BCUT2D eigenvalue weighted by Crippen LogP contribution is 2.34. The Bertz CT molecular complexity index is 1090. The molecule has 0 bridgehead atoms. The molecule has 4 heterocycles. The maximum atomic E-state index is 12.6. The Morgan fingerprint density at radius 1 is 1.35 bits per heavy atom. The van der Waals surface area contributed by atoms with Gasteiger partial charge in [-0.3, -0.25) is 4.79 Å². The van der Waals surface area contributed by atoms with Crippen LogP contribution >= 0.6 is 11.3 Å². The Balaban J connectivity index is 1.48. The molecule has 0 spiro atoms. The molecule has 0 atom stereocenters. The van der Waals surface area contributed by atoms with Gasteiger partial charge >= 0.3 is 0 Å². The number of aryl methyl sites for hydroxylation is 1. The summed E-state index contributed by atoms with van der Waals surface area (Å²) in [4.78, 5) is 19.6. The van der Waals surface area contributed by atoms with Gasteiger partial charge in [0, 0.05) is 24.2 Å². The average Bonchev–Trinajstić information content (AvgIpc) is 3.23. The van der Waals surface area contributed by atoms with Crippen LogP contribution < -0.4 is 5.56 Å². The van der Waals surface area contributed by atoms with Gasteiger partial charge in [-0.2, -0.15) is 9.29 Å². The third-order valence-corrected chi connectivity index (χ3v) is 7.81. The molecule has 1 N–H and O–H groups in total. The van der Waals surface area contributed by atoms with Crippen LogP contribution in [0.4, 0.5) is 0 Å². The average molecular weight is 392 g/mol. The Hall–Kier alpha value is -2.30. The first-order valence-electron chi connectivity index (χ1n) is 8.09. The maximum absolute atomic E-state index is 12.6. The van der Waals surface area contributed by atoms with Crippen LogP contribution in [-0.4, -0.2) is 40.9 Å². The lowest BCUT2D eigenvalue weighted by Crippen LogP contribution is -2.48. The largest absolute Gasteiger partial charge is 0.339 e. The monoisotopic (exact) mass is 392 g/mol. The number of hydrogen-bond donors (Lipinski definition) is 1. The topological polar surface area (TPSA) is 109 Å². The molecule has 3 aromatic rings. The Morgan fingerprint density at radius 2 is 2.15 bits per heavy atom. The van der Waals surface area contributed by atoms with E-state index in [1.165, 1.54) is 21.8 Å². The summed E-state index contributed by atoms with van der Waals surface area (Å²) in [7, 11) is -3.48. The van der Waals surface area contributed by atoms with E-state index < -0.39 is 10.0 Å². The molecule has 1 aliphatic rings. The summed E-state index contributed by atoms with van der Waals surface area (Å²) in [6.45, 7) is 2.57. The first kappa shape index (κ1) is 17.1. The summed E-state index contributed by atoms with van der Waals surface area (Å²) in [5.74, 6) is 0.378. The fraction of sp³-hybridized carbons (Fsp3) is 0.312. The number of H-pyrrole nitrogens is 1. The van der Waals surface area contributed by atoms with Crippen LogP contribution in [0.25, 0.3) is 11.4 Å². The van der Waals surface area contributed by atoms with Crippen LogP contribution in [0.5, 0.6) is 0 Å². The minimum Gasteiger partial charge on any atom is -0.339 e. The van der Waals surface area contributed by atoms with Gasteiger partial charge in [0.1, 0.15) is 4.21 Å². The fourth-order valence-electron chi connectivity index (χ4n) is 2.71. The zero-order valence-corrected chi connectivity index (χ0v) is 15.5. The molecule has 0 aliphatic carbocycles. The lowest BCUT2D eigenvalue weighted by Gasteiger charge is -2.35. The van der Waals surface area contributed by atoms with Crippen molar-refractivity contribution in [3.05, 3.63) is 51.6 Å². The highest BCUT2D eigenvalue weighted by Gasteiger charge is 2.41. The van der Waals surface area contributed by atoms with Gasteiger partial charge in [-0.15, -0.1) is 11.3 Å². The van der Waals surface area contributed by atoms with Crippen molar-refractivity contribution >= 4 is 21.4 Å². The van der Waals surface area contributed by atoms with Crippen molar-refractivity contribution in [2.45, 2.75) is 23.5 Å². The Morgan fingerprint density at radius 3 is 2.85 bits per heavy atom. The van der Waals surface area contributed by atoms with Gasteiger partial charge in [0.2, 0.25) is 11.7 Å². The minimum absolute atomic E-state index is 0.167. The smallest absolute Gasteiger partial charge is 0.259 e. The molecule has 1 fully saturated rings. The van der Waals surface area contributed by atoms with Crippen LogP contribution in [0.2, 0.25) is 0 Å². The molecule has 0 aromatic carbocycles. The number of sulfonamides is 1. The van der Waals surface area contributed by atoms with E-state index in [1.54, 1.807) is 18.2 Å². The Labute approximate surface area is 153 Å². The summed E-state index contributed by atoms with van der Waals surface area (Å²) >= 11 is 1.30. The van der Waals surface area contributed by atoms with Crippen molar-refractivity contribution < 1.29 is 12.9 Å². The fourth-order valence-corrected chi connectivity index (χ4v) is 5.69. The second-order valence-corrected chi connectivity index (χ2v) is 9.30. The van der Waals surface area contributed by atoms with Crippen LogP contribution in [-0.2, 0) is 16.4 Å². The highest BCUT2D eigenvalue weighted by molar-refractivity contribution is 7.91. The zero-order valence-electron chi connectivity index (χ0n) is 13.9. The lowest BCUT2D eigenvalue weighted by atomic mass is 10.0. The van der Waals surface area contributed by atoms with E-state index in [2.05, 4.69) is 15.1 Å². The van der Waals surface area contributed by atoms with E-state index in [0.717, 1.165) is 11.3 Å². The van der Waals surface area contributed by atoms with Crippen molar-refractivity contribution in [1.82, 2.24) is 19.4 Å². The van der Waals surface area contributed by atoms with Gasteiger partial charge in [0.05, 0.1) is 11.5 Å². The molecule has 4 rings (SSSR count). The molecule has 0 amide bonds. The van der Waals surface area contributed by atoms with Crippen LogP contribution in [0, 0.1) is 0 Å². The number of aromatic nitrogens is 3. The molecule has 3 aromatic heterocycles. The number of nitrogens with one attached hydrogen (secondary N) is 1. The van der Waals surface area contributed by atoms with Crippen molar-refractivity contribution in [1.29, 1.82) is 0 Å². The highest BCUT2D eigenvalue weighted by atomic mass is 32.2. The molecule has 0 unspecified atom stereocenters. The lowest BCUT2D eigenvalue weighted by molar-refractivity contribution is 0.217. The summed E-state index contributed by atoms with van der Waals surface area (Å²) in [6.07, 6.45) is 2.34. The van der Waals surface area contributed by atoms with Crippen molar-refractivity contribution in [3.63, 3.8) is 0 Å². The van der Waals surface area contributed by atoms with Crippen LogP contribution in [0.1, 0.15) is 23.6 Å². The number of rotatable bonds is 5. The molecular formula is C16H16N4O4S2. The van der Waals surface area contributed by atoms with Crippen molar-refractivity contribution in [3.8, 4) is 11.4 Å². The Kier molecular flexibility index (Phi) is 4.25. The van der Waals surface area contributed by atoms with Crippen LogP contribution in [0.15, 0.2) is 44.0 Å². The minimum atomic E-state index is -3.48. The molecular weight excluding hydrogens is 376 g/mol. The summed E-state index contributed by atoms with van der Waals surface area (Å²) in [5, 5.41) is 3.84. The van der Waals surface area contributed by atoms with Gasteiger partial charge in [0.15, 0.2) is 0 Å². The SMILES string of the molecule is CCc1ccc(S(=O)(=O)N2CC(c3nc(-c4ccc[nH]c4=O)no3)C2)s1. The summed E-state index contributed by atoms with van der Waals surface area (Å²) < 4.78 is 32.2. The van der Waals surface area contributed by atoms with E-state index in [-0.39, 0.29) is 30.4 Å². The second-order valence-electron chi connectivity index (χ2n) is 5.96. The molecule has 26 heavy (non-hydrogen) atoms. The molecule has 0 saturated carbocycles. The molecule has 1 saturated heterocycles. The quantitative estimate of drug-likeness (QED) is 0.709. The predicted molar refractivity (Wildman–Crippen MR) is 95.6 cm³/mol. The number of pyridine rings is 1. The summed E-state index contributed by atoms with van der Waals surface area (Å²) in [5.41, 5.74) is 0.0130. The van der Waals surface area contributed by atoms with E-state index in [9.17, 15) is 13.2 Å². The number of hydrogen-bond acceptors (Lipinski definition) is 7. The maximum Gasteiger partial charge on any atom is 0.259 e. The third kappa shape index (κ3) is 2.89. The summed E-state index contributed by atoms with van der Waals surface area (Å²) in [6, 6.07) is 6.78. The third-order valence-electron chi connectivity index (χ3n) is 4.28. The predicted octanol–water partition coefficient (Wildman–Crippen LogP) is 1.84. The first-order valence-corrected chi connectivity index (χ1v) is 10.3. The number of thiophene rings is 1. The van der Waals surface area contributed by atoms with E-state index in [0.29, 0.717) is 15.7 Å². The van der Waals surface area contributed by atoms with E-state index in [4.69, 9.17) is 4.52 Å². The number of nitrogens with zero attached hydrogens (tertiary/aromatic N) is 3. The normalized spacial score (nSPS) is 15.9. The van der Waals surface area contributed by atoms with Crippen molar-refractivity contribution in [2.24, 2.45) is 0 Å². The zero-order chi connectivity index (χ0) is 18.3. The number of aromatic amines is 1. The molecule has 0 radical (unpaired) electrons. The molecule has 10 heteroatoms. The second kappa shape index (κ2) is 6.45. The van der Waals surface area contributed by atoms with Gasteiger partial charge < -0.3 is 9.51 Å². The van der Waals surface area contributed by atoms with Gasteiger partial charge in [-0.05, 0) is 30.7 Å². The van der Waals surface area contributed by atoms with Gasteiger partial charge in [0.25, 0.3) is 15.6 Å². The van der Waals surface area contributed by atoms with Crippen LogP contribution in [0.3, 0.4) is 0 Å². The molecule has 8 nitrogen and oxygen atoms in total. The van der Waals surface area contributed by atoms with E-state index in [1.807, 2.05) is 13.0 Å². The van der Waals surface area contributed by atoms with Gasteiger partial charge in [-0.25, -0.2) is 8.42 Å². The van der Waals surface area contributed by atoms with E-state index >= 15 is 0 Å². The standard InChI is InChI=1S/C16H16N4O4S2/c1-2-11-5-6-13(25-11)26(22,23)20-8-10(9-20)16-18-14(19-24-16)12-4-3-7-17-15(12)21/h3-7,10H,2,8-9H2,1H3,(H,17,21). The van der Waals surface area contributed by atoms with Gasteiger partial charge in [-0.1, -0.05) is 12.1 Å².